The van der Waals surface area contributed by atoms with E-state index in [0.29, 0.717) is 25.2 Å². The molecule has 3 rings (SSSR count). The number of rotatable bonds is 2. The van der Waals surface area contributed by atoms with Crippen molar-refractivity contribution in [1.82, 2.24) is 9.47 Å². The predicted molar refractivity (Wildman–Crippen MR) is 67.4 cm³/mol. The Labute approximate surface area is 110 Å². The summed E-state index contributed by atoms with van der Waals surface area (Å²) in [5, 5.41) is 10.0. The van der Waals surface area contributed by atoms with Gasteiger partial charge in [0.25, 0.3) is 5.91 Å². The molecule has 0 fully saturated rings. The Morgan fingerprint density at radius 2 is 2.21 bits per heavy atom. The molecule has 2 aliphatic heterocycles. The SMILES string of the molecule is CCN1C[C@H]2CC(O)c3cc(=O)c(OC)c(n32)C1=O. The zero-order valence-electron chi connectivity index (χ0n) is 10.9. The number of aromatic nitrogens is 1. The van der Waals surface area contributed by atoms with E-state index in [1.165, 1.54) is 13.2 Å². The third kappa shape index (κ3) is 1.53. The van der Waals surface area contributed by atoms with E-state index in [1.807, 2.05) is 6.92 Å². The van der Waals surface area contributed by atoms with Crippen molar-refractivity contribution in [2.75, 3.05) is 20.2 Å². The summed E-state index contributed by atoms with van der Waals surface area (Å²) in [4.78, 5) is 26.1. The average molecular weight is 264 g/mol. The summed E-state index contributed by atoms with van der Waals surface area (Å²) in [5.41, 5.74) is 0.448. The highest BCUT2D eigenvalue weighted by Gasteiger charge is 2.41. The van der Waals surface area contributed by atoms with Crippen LogP contribution in [0.1, 0.15) is 41.7 Å². The highest BCUT2D eigenvalue weighted by atomic mass is 16.5. The summed E-state index contributed by atoms with van der Waals surface area (Å²) in [6.45, 7) is 3.04. The quantitative estimate of drug-likeness (QED) is 0.834. The van der Waals surface area contributed by atoms with E-state index in [1.54, 1.807) is 9.47 Å². The Balaban J connectivity index is 2.31. The number of amides is 1. The lowest BCUT2D eigenvalue weighted by Crippen LogP contribution is -2.43. The maximum absolute atomic E-state index is 12.4. The van der Waals surface area contributed by atoms with E-state index in [-0.39, 0.29) is 28.8 Å². The Kier molecular flexibility index (Phi) is 2.63. The molecular weight excluding hydrogens is 248 g/mol. The molecular formula is C13H16N2O4. The number of aliphatic hydroxyl groups is 1. The van der Waals surface area contributed by atoms with E-state index < -0.39 is 6.10 Å². The standard InChI is InChI=1S/C13H16N2O4/c1-3-14-6-7-4-9(16)8-5-10(17)12(19-2)11(13(14)18)15(7)8/h5,7,9,16H,3-4,6H2,1-2H3/t7-,9?/m1/s1. The summed E-state index contributed by atoms with van der Waals surface area (Å²) in [7, 11) is 1.39. The van der Waals surface area contributed by atoms with Crippen molar-refractivity contribution in [2.45, 2.75) is 25.5 Å². The van der Waals surface area contributed by atoms with Crippen LogP contribution in [-0.4, -0.2) is 40.7 Å². The number of likely N-dealkylation sites (N-methyl/N-ethyl adjacent to an activating group) is 1. The molecule has 0 saturated carbocycles. The maximum Gasteiger partial charge on any atom is 0.274 e. The minimum atomic E-state index is -0.688. The molecule has 102 valence electrons. The van der Waals surface area contributed by atoms with Crippen LogP contribution in [-0.2, 0) is 0 Å². The van der Waals surface area contributed by atoms with Gasteiger partial charge in [-0.25, -0.2) is 0 Å². The molecule has 0 radical (unpaired) electrons. The van der Waals surface area contributed by atoms with Crippen LogP contribution in [0.3, 0.4) is 0 Å². The Bertz CT molecular complexity index is 607. The van der Waals surface area contributed by atoms with Crippen molar-refractivity contribution in [1.29, 1.82) is 0 Å². The Hall–Kier alpha value is -1.82. The third-order valence-electron chi connectivity index (χ3n) is 3.95. The van der Waals surface area contributed by atoms with Gasteiger partial charge in [0.1, 0.15) is 0 Å². The molecule has 1 unspecified atom stereocenters. The number of carbonyl (C=O) groups excluding carboxylic acids is 1. The van der Waals surface area contributed by atoms with Crippen LogP contribution in [0.5, 0.6) is 5.75 Å². The smallest absolute Gasteiger partial charge is 0.274 e. The molecule has 1 aromatic rings. The molecule has 1 aromatic heterocycles. The lowest BCUT2D eigenvalue weighted by atomic mass is 10.1. The molecule has 0 saturated heterocycles. The molecule has 19 heavy (non-hydrogen) atoms. The van der Waals surface area contributed by atoms with E-state index in [0.717, 1.165) is 0 Å². The fraction of sp³-hybridized carbons (Fsp3) is 0.538. The van der Waals surface area contributed by atoms with Gasteiger partial charge in [-0.15, -0.1) is 0 Å². The van der Waals surface area contributed by atoms with Gasteiger partial charge in [0.2, 0.25) is 5.43 Å². The molecule has 0 aromatic carbocycles. The van der Waals surface area contributed by atoms with Crippen LogP contribution >= 0.6 is 0 Å². The molecule has 0 aliphatic carbocycles. The summed E-state index contributed by atoms with van der Waals surface area (Å²) in [6, 6.07) is 1.40. The minimum absolute atomic E-state index is 0.0205. The first kappa shape index (κ1) is 12.2. The van der Waals surface area contributed by atoms with E-state index in [2.05, 4.69) is 0 Å². The summed E-state index contributed by atoms with van der Waals surface area (Å²) < 4.78 is 6.89. The number of aliphatic hydroxyl groups excluding tert-OH is 1. The van der Waals surface area contributed by atoms with Gasteiger partial charge in [0.15, 0.2) is 11.4 Å². The van der Waals surface area contributed by atoms with Gasteiger partial charge in [-0.05, 0) is 6.92 Å². The van der Waals surface area contributed by atoms with Crippen molar-refractivity contribution in [3.63, 3.8) is 0 Å². The minimum Gasteiger partial charge on any atom is -0.491 e. The van der Waals surface area contributed by atoms with Crippen molar-refractivity contribution in [3.8, 4) is 5.75 Å². The molecule has 0 spiro atoms. The second kappa shape index (κ2) is 4.09. The fourth-order valence-corrected chi connectivity index (χ4v) is 3.07. The molecule has 2 aliphatic rings. The topological polar surface area (TPSA) is 71.8 Å². The normalized spacial score (nSPS) is 24.6. The lowest BCUT2D eigenvalue weighted by molar-refractivity contribution is 0.0668. The van der Waals surface area contributed by atoms with Crippen LogP contribution < -0.4 is 10.2 Å². The van der Waals surface area contributed by atoms with Crippen LogP contribution in [0, 0.1) is 0 Å². The largest absolute Gasteiger partial charge is 0.491 e. The van der Waals surface area contributed by atoms with Crippen molar-refractivity contribution < 1.29 is 14.6 Å². The monoisotopic (exact) mass is 264 g/mol. The average Bonchev–Trinajstić information content (AvgIpc) is 2.70. The second-order valence-electron chi connectivity index (χ2n) is 4.93. The van der Waals surface area contributed by atoms with Gasteiger partial charge >= 0.3 is 0 Å². The number of hydrogen-bond acceptors (Lipinski definition) is 4. The highest BCUT2D eigenvalue weighted by Crippen LogP contribution is 2.40. The van der Waals surface area contributed by atoms with Gasteiger partial charge in [0.05, 0.1) is 24.9 Å². The number of pyridine rings is 1. The number of methoxy groups -OCH3 is 1. The molecule has 0 bridgehead atoms. The highest BCUT2D eigenvalue weighted by molar-refractivity contribution is 5.96. The van der Waals surface area contributed by atoms with Crippen LogP contribution in [0.15, 0.2) is 10.9 Å². The van der Waals surface area contributed by atoms with Crippen molar-refractivity contribution >= 4 is 5.91 Å². The molecule has 2 atom stereocenters. The molecule has 6 nitrogen and oxygen atoms in total. The van der Waals surface area contributed by atoms with E-state index >= 15 is 0 Å². The summed E-state index contributed by atoms with van der Waals surface area (Å²) >= 11 is 0. The molecule has 1 N–H and O–H groups in total. The Morgan fingerprint density at radius 1 is 1.47 bits per heavy atom. The van der Waals surface area contributed by atoms with Gasteiger partial charge in [-0.1, -0.05) is 0 Å². The zero-order valence-corrected chi connectivity index (χ0v) is 10.9. The first-order valence-corrected chi connectivity index (χ1v) is 6.39. The first-order chi connectivity index (χ1) is 9.08. The molecule has 6 heteroatoms. The number of ether oxygens (including phenoxy) is 1. The lowest BCUT2D eigenvalue weighted by Gasteiger charge is -2.33. The summed E-state index contributed by atoms with van der Waals surface area (Å²) in [5.74, 6) is -0.130. The van der Waals surface area contributed by atoms with Gasteiger partial charge < -0.3 is 19.3 Å². The Morgan fingerprint density at radius 3 is 2.84 bits per heavy atom. The van der Waals surface area contributed by atoms with E-state index in [9.17, 15) is 14.7 Å². The van der Waals surface area contributed by atoms with E-state index in [4.69, 9.17) is 4.74 Å². The first-order valence-electron chi connectivity index (χ1n) is 6.39. The third-order valence-corrected chi connectivity index (χ3v) is 3.95. The maximum atomic E-state index is 12.4. The number of carbonyl (C=O) groups is 1. The molecule has 3 heterocycles. The van der Waals surface area contributed by atoms with Gasteiger partial charge in [-0.2, -0.15) is 0 Å². The number of hydrogen-bond donors (Lipinski definition) is 1. The van der Waals surface area contributed by atoms with Crippen LogP contribution in [0.4, 0.5) is 0 Å². The van der Waals surface area contributed by atoms with Crippen LogP contribution in [0.2, 0.25) is 0 Å². The predicted octanol–water partition coefficient (Wildman–Crippen LogP) is 0.311. The summed E-state index contributed by atoms with van der Waals surface area (Å²) in [6.07, 6.45) is -0.157. The van der Waals surface area contributed by atoms with Crippen molar-refractivity contribution in [3.05, 3.63) is 27.7 Å². The molecule has 1 amide bonds. The number of nitrogens with zero attached hydrogens (tertiary/aromatic N) is 2. The zero-order chi connectivity index (χ0) is 13.7. The van der Waals surface area contributed by atoms with Gasteiger partial charge in [0, 0.05) is 25.6 Å². The van der Waals surface area contributed by atoms with Crippen molar-refractivity contribution in [2.24, 2.45) is 0 Å². The fourth-order valence-electron chi connectivity index (χ4n) is 3.07. The second-order valence-corrected chi connectivity index (χ2v) is 4.93. The van der Waals surface area contributed by atoms with Crippen LogP contribution in [0.25, 0.3) is 0 Å². The van der Waals surface area contributed by atoms with Gasteiger partial charge in [-0.3, -0.25) is 9.59 Å².